The van der Waals surface area contributed by atoms with E-state index < -0.39 is 10.2 Å². The summed E-state index contributed by atoms with van der Waals surface area (Å²) in [7, 11) is -3.49. The zero-order valence-corrected chi connectivity index (χ0v) is 8.34. The average molecular weight is 192 g/mol. The molecule has 0 saturated carbocycles. The smallest absolute Gasteiger partial charge is 0.216 e. The molecule has 0 spiro atoms. The SMILES string of the molecule is CC1CCCC(C)N1S(N)(=O)=O. The van der Waals surface area contributed by atoms with Crippen LogP contribution in [0.2, 0.25) is 0 Å². The molecule has 1 aliphatic rings. The van der Waals surface area contributed by atoms with E-state index in [4.69, 9.17) is 5.14 Å². The van der Waals surface area contributed by atoms with E-state index in [1.54, 1.807) is 0 Å². The molecule has 1 fully saturated rings. The molecule has 2 unspecified atom stereocenters. The molecule has 1 aliphatic heterocycles. The Morgan fingerprint density at radius 2 is 1.67 bits per heavy atom. The molecule has 0 bridgehead atoms. The summed E-state index contributed by atoms with van der Waals surface area (Å²) in [5, 5.41) is 5.09. The van der Waals surface area contributed by atoms with Crippen molar-refractivity contribution < 1.29 is 8.42 Å². The molecule has 0 amide bonds. The van der Waals surface area contributed by atoms with Crippen LogP contribution >= 0.6 is 0 Å². The van der Waals surface area contributed by atoms with Crippen molar-refractivity contribution in [2.24, 2.45) is 5.14 Å². The van der Waals surface area contributed by atoms with Gasteiger partial charge in [-0.1, -0.05) is 6.42 Å². The van der Waals surface area contributed by atoms with Gasteiger partial charge in [0.2, 0.25) is 0 Å². The molecule has 0 aliphatic carbocycles. The van der Waals surface area contributed by atoms with Gasteiger partial charge in [0.1, 0.15) is 0 Å². The lowest BCUT2D eigenvalue weighted by Crippen LogP contribution is -2.50. The molecule has 2 N–H and O–H groups in total. The van der Waals surface area contributed by atoms with Crippen LogP contribution < -0.4 is 5.14 Å². The Bertz CT molecular complexity index is 240. The summed E-state index contributed by atoms with van der Waals surface area (Å²) in [5.41, 5.74) is 0. The molecular formula is C7H16N2O2S. The lowest BCUT2D eigenvalue weighted by Gasteiger charge is -2.36. The zero-order chi connectivity index (χ0) is 9.35. The maximum atomic E-state index is 11.1. The third kappa shape index (κ3) is 1.97. The molecule has 12 heavy (non-hydrogen) atoms. The predicted octanol–water partition coefficient (Wildman–Crippen LogP) is 0.453. The highest BCUT2D eigenvalue weighted by atomic mass is 32.2. The van der Waals surface area contributed by atoms with Gasteiger partial charge in [-0.05, 0) is 26.7 Å². The average Bonchev–Trinajstić information content (AvgIpc) is 1.82. The van der Waals surface area contributed by atoms with Crippen LogP contribution in [0.4, 0.5) is 0 Å². The largest absolute Gasteiger partial charge is 0.277 e. The van der Waals surface area contributed by atoms with Crippen molar-refractivity contribution in [2.45, 2.75) is 45.2 Å². The van der Waals surface area contributed by atoms with Crippen LogP contribution in [0.3, 0.4) is 0 Å². The van der Waals surface area contributed by atoms with Crippen LogP contribution in [0.5, 0.6) is 0 Å². The van der Waals surface area contributed by atoms with Gasteiger partial charge >= 0.3 is 0 Å². The first-order valence-corrected chi connectivity index (χ1v) is 5.74. The summed E-state index contributed by atoms with van der Waals surface area (Å²) in [6.45, 7) is 3.81. The number of hydrogen-bond acceptors (Lipinski definition) is 2. The van der Waals surface area contributed by atoms with Gasteiger partial charge in [0.05, 0.1) is 0 Å². The van der Waals surface area contributed by atoms with Gasteiger partial charge in [0, 0.05) is 12.1 Å². The molecule has 4 nitrogen and oxygen atoms in total. The van der Waals surface area contributed by atoms with Gasteiger partial charge < -0.3 is 0 Å². The van der Waals surface area contributed by atoms with E-state index in [2.05, 4.69) is 0 Å². The normalized spacial score (nSPS) is 33.6. The van der Waals surface area contributed by atoms with Crippen molar-refractivity contribution in [1.82, 2.24) is 4.31 Å². The van der Waals surface area contributed by atoms with E-state index in [1.165, 1.54) is 4.31 Å². The second-order valence-corrected chi connectivity index (χ2v) is 4.96. The summed E-state index contributed by atoms with van der Waals surface area (Å²) in [5.74, 6) is 0. The quantitative estimate of drug-likeness (QED) is 0.655. The van der Waals surface area contributed by atoms with Gasteiger partial charge in [-0.3, -0.25) is 0 Å². The Kier molecular flexibility index (Phi) is 2.75. The highest BCUT2D eigenvalue weighted by molar-refractivity contribution is 7.86. The monoisotopic (exact) mass is 192 g/mol. The van der Waals surface area contributed by atoms with Crippen LogP contribution in [0.1, 0.15) is 33.1 Å². The van der Waals surface area contributed by atoms with Gasteiger partial charge in [-0.2, -0.15) is 12.7 Å². The van der Waals surface area contributed by atoms with Crippen molar-refractivity contribution >= 4 is 10.2 Å². The third-order valence-corrected chi connectivity index (χ3v) is 3.71. The van der Waals surface area contributed by atoms with Crippen molar-refractivity contribution in [1.29, 1.82) is 0 Å². The molecule has 5 heteroatoms. The third-order valence-electron chi connectivity index (χ3n) is 2.41. The predicted molar refractivity (Wildman–Crippen MR) is 47.7 cm³/mol. The maximum absolute atomic E-state index is 11.1. The minimum absolute atomic E-state index is 0.0590. The Morgan fingerprint density at radius 3 is 1.92 bits per heavy atom. The fraction of sp³-hybridized carbons (Fsp3) is 1.00. The zero-order valence-electron chi connectivity index (χ0n) is 7.53. The molecule has 72 valence electrons. The van der Waals surface area contributed by atoms with Crippen LogP contribution in [-0.2, 0) is 10.2 Å². The van der Waals surface area contributed by atoms with Crippen LogP contribution in [0.15, 0.2) is 0 Å². The van der Waals surface area contributed by atoms with E-state index in [0.29, 0.717) is 0 Å². The number of piperidine rings is 1. The lowest BCUT2D eigenvalue weighted by molar-refractivity contribution is 0.204. The topological polar surface area (TPSA) is 63.4 Å². The van der Waals surface area contributed by atoms with E-state index in [-0.39, 0.29) is 12.1 Å². The first-order valence-electron chi connectivity index (χ1n) is 4.24. The molecule has 0 aromatic carbocycles. The first-order chi connectivity index (χ1) is 5.43. The summed E-state index contributed by atoms with van der Waals surface area (Å²) < 4.78 is 23.6. The second-order valence-electron chi connectivity index (χ2n) is 3.50. The fourth-order valence-corrected chi connectivity index (χ4v) is 3.11. The van der Waals surface area contributed by atoms with Gasteiger partial charge in [-0.15, -0.1) is 0 Å². The number of nitrogens with zero attached hydrogens (tertiary/aromatic N) is 1. The minimum Gasteiger partial charge on any atom is -0.216 e. The van der Waals surface area contributed by atoms with Crippen LogP contribution in [-0.4, -0.2) is 24.8 Å². The molecule has 1 heterocycles. The lowest BCUT2D eigenvalue weighted by atomic mass is 10.0. The number of hydrogen-bond donors (Lipinski definition) is 1. The molecule has 0 aromatic rings. The van der Waals surface area contributed by atoms with Crippen LogP contribution in [0.25, 0.3) is 0 Å². The molecule has 1 rings (SSSR count). The molecular weight excluding hydrogens is 176 g/mol. The fourth-order valence-electron chi connectivity index (χ4n) is 1.90. The Hall–Kier alpha value is -0.130. The van der Waals surface area contributed by atoms with Gasteiger partial charge in [-0.25, -0.2) is 5.14 Å². The van der Waals surface area contributed by atoms with Crippen molar-refractivity contribution in [3.8, 4) is 0 Å². The summed E-state index contributed by atoms with van der Waals surface area (Å²) in [6.07, 6.45) is 2.93. The first kappa shape index (κ1) is 9.95. The van der Waals surface area contributed by atoms with Crippen molar-refractivity contribution in [3.05, 3.63) is 0 Å². The van der Waals surface area contributed by atoms with E-state index in [9.17, 15) is 8.42 Å². The highest BCUT2D eigenvalue weighted by Gasteiger charge is 2.31. The summed E-state index contributed by atoms with van der Waals surface area (Å²) in [4.78, 5) is 0. The van der Waals surface area contributed by atoms with E-state index in [0.717, 1.165) is 19.3 Å². The Morgan fingerprint density at radius 1 is 1.25 bits per heavy atom. The number of nitrogens with two attached hydrogens (primary N) is 1. The minimum atomic E-state index is -3.49. The molecule has 0 radical (unpaired) electrons. The highest BCUT2D eigenvalue weighted by Crippen LogP contribution is 2.23. The molecule has 1 saturated heterocycles. The molecule has 2 atom stereocenters. The number of rotatable bonds is 1. The Labute approximate surface area is 73.9 Å². The second kappa shape index (κ2) is 3.32. The molecule has 0 aromatic heterocycles. The summed E-state index contributed by atoms with van der Waals surface area (Å²) >= 11 is 0. The van der Waals surface area contributed by atoms with Crippen molar-refractivity contribution in [3.63, 3.8) is 0 Å². The van der Waals surface area contributed by atoms with E-state index >= 15 is 0 Å². The maximum Gasteiger partial charge on any atom is 0.277 e. The van der Waals surface area contributed by atoms with Gasteiger partial charge in [0.25, 0.3) is 10.2 Å². The Balaban J connectivity index is 2.84. The van der Waals surface area contributed by atoms with Crippen LogP contribution in [0, 0.1) is 0 Å². The van der Waals surface area contributed by atoms with E-state index in [1.807, 2.05) is 13.8 Å². The van der Waals surface area contributed by atoms with Crippen molar-refractivity contribution in [2.75, 3.05) is 0 Å². The van der Waals surface area contributed by atoms with Gasteiger partial charge in [0.15, 0.2) is 0 Å². The summed E-state index contributed by atoms with van der Waals surface area (Å²) in [6, 6.07) is 0.118. The standard InChI is InChI=1S/C7H16N2O2S/c1-6-4-3-5-7(2)9(6)12(8,10)11/h6-7H,3-5H2,1-2H3,(H2,8,10,11).